The number of thioether (sulfide) groups is 3. The van der Waals surface area contributed by atoms with Gasteiger partial charge < -0.3 is 10.2 Å². The van der Waals surface area contributed by atoms with Gasteiger partial charge in [0.05, 0.1) is 12.2 Å². The Kier molecular flexibility index (Phi) is 8.29. The van der Waals surface area contributed by atoms with Crippen LogP contribution in [0.4, 0.5) is 0 Å². The molecule has 9 atom stereocenters. The van der Waals surface area contributed by atoms with Crippen molar-refractivity contribution >= 4 is 35.3 Å². The largest absolute Gasteiger partial charge is 0.393 e. The Morgan fingerprint density at radius 2 is 1.70 bits per heavy atom. The van der Waals surface area contributed by atoms with E-state index >= 15 is 0 Å². The average molecular weight is 513 g/mol. The second-order valence-corrected chi connectivity index (χ2v) is 16.1. The summed E-state index contributed by atoms with van der Waals surface area (Å²) >= 11 is 5.41. The normalized spacial score (nSPS) is 42.7. The van der Waals surface area contributed by atoms with Crippen LogP contribution < -0.4 is 0 Å². The van der Waals surface area contributed by atoms with Gasteiger partial charge in [-0.15, -0.1) is 35.3 Å². The van der Waals surface area contributed by atoms with E-state index in [1.165, 1.54) is 38.5 Å². The summed E-state index contributed by atoms with van der Waals surface area (Å²) in [7, 11) is 0. The summed E-state index contributed by atoms with van der Waals surface area (Å²) in [5, 5.41) is 21.3. The van der Waals surface area contributed by atoms with E-state index in [1.807, 2.05) is 0 Å². The van der Waals surface area contributed by atoms with Crippen LogP contribution in [0.1, 0.15) is 85.0 Å². The van der Waals surface area contributed by atoms with Gasteiger partial charge in [-0.25, -0.2) is 0 Å². The molecule has 0 heterocycles. The van der Waals surface area contributed by atoms with Crippen LogP contribution in [0.15, 0.2) is 11.6 Å². The Morgan fingerprint density at radius 3 is 2.36 bits per heavy atom. The van der Waals surface area contributed by atoms with Crippen molar-refractivity contribution in [2.45, 2.75) is 101 Å². The Bertz CT molecular complexity index is 714. The van der Waals surface area contributed by atoms with Gasteiger partial charge in [0.15, 0.2) is 0 Å². The number of fused-ring (bicyclic) bond motifs is 5. The van der Waals surface area contributed by atoms with Crippen LogP contribution in [0, 0.1) is 40.4 Å². The highest BCUT2D eigenvalue weighted by atomic mass is 32.3. The van der Waals surface area contributed by atoms with Crippen LogP contribution in [-0.2, 0) is 0 Å². The van der Waals surface area contributed by atoms with Crippen LogP contribution in [0.5, 0.6) is 0 Å². The molecule has 0 aliphatic heterocycles. The van der Waals surface area contributed by atoms with Crippen molar-refractivity contribution in [3.8, 4) is 0 Å². The van der Waals surface area contributed by atoms with E-state index in [9.17, 15) is 10.2 Å². The molecule has 4 aliphatic carbocycles. The minimum atomic E-state index is -0.260. The summed E-state index contributed by atoms with van der Waals surface area (Å²) in [6.07, 6.45) is 20.6. The summed E-state index contributed by atoms with van der Waals surface area (Å²) in [5.74, 6) is 4.01. The van der Waals surface area contributed by atoms with E-state index in [-0.39, 0.29) is 15.6 Å². The molecule has 0 saturated heterocycles. The van der Waals surface area contributed by atoms with Gasteiger partial charge >= 0.3 is 0 Å². The first-order valence-electron chi connectivity index (χ1n) is 13.4. The Labute approximate surface area is 216 Å². The SMILES string of the molecule is CSC(SC)(SC)C(O)CC[C@@H](C)[C@H]1CC[C@H]2[C@@H]3CC=C4C[C@@H](O)CC[C@]4(C)[C@H]3CC[C@]12C. The lowest BCUT2D eigenvalue weighted by Gasteiger charge is -2.58. The van der Waals surface area contributed by atoms with Gasteiger partial charge in [-0.2, -0.15) is 0 Å². The zero-order valence-corrected chi connectivity index (χ0v) is 24.3. The number of hydrogen-bond acceptors (Lipinski definition) is 5. The van der Waals surface area contributed by atoms with Gasteiger partial charge in [0.1, 0.15) is 3.41 Å². The van der Waals surface area contributed by atoms with E-state index in [2.05, 4.69) is 45.6 Å². The van der Waals surface area contributed by atoms with Gasteiger partial charge in [0.2, 0.25) is 0 Å². The first-order chi connectivity index (χ1) is 15.6. The number of rotatable bonds is 8. The molecule has 1 unspecified atom stereocenters. The van der Waals surface area contributed by atoms with E-state index in [0.29, 0.717) is 16.7 Å². The third kappa shape index (κ3) is 4.51. The fraction of sp³-hybridized carbons (Fsp3) is 0.929. The van der Waals surface area contributed by atoms with Crippen molar-refractivity contribution in [1.29, 1.82) is 0 Å². The predicted molar refractivity (Wildman–Crippen MR) is 149 cm³/mol. The first kappa shape index (κ1) is 26.8. The Morgan fingerprint density at radius 1 is 1.00 bits per heavy atom. The van der Waals surface area contributed by atoms with Crippen LogP contribution >= 0.6 is 35.3 Å². The average Bonchev–Trinajstić information content (AvgIpc) is 3.17. The van der Waals surface area contributed by atoms with Crippen molar-refractivity contribution in [2.75, 3.05) is 18.8 Å². The van der Waals surface area contributed by atoms with Crippen molar-refractivity contribution in [2.24, 2.45) is 40.4 Å². The molecule has 0 aromatic carbocycles. The fourth-order valence-electron chi connectivity index (χ4n) is 9.07. The summed E-state index contributed by atoms with van der Waals surface area (Å²) in [5.41, 5.74) is 2.40. The molecule has 3 saturated carbocycles. The molecule has 0 spiro atoms. The van der Waals surface area contributed by atoms with Gasteiger partial charge in [0.25, 0.3) is 0 Å². The lowest BCUT2D eigenvalue weighted by Crippen LogP contribution is -2.50. The standard InChI is InChI=1S/C28H48O2S3/c1-18(7-12-25(30)28(31-4,32-5)33-6)22-10-11-23-21-9-8-19-17-20(29)13-15-26(19,2)24(21)14-16-27(22,23)3/h8,18,20-25,29-30H,7,9-17H2,1-6H3/t18-,20+,21+,22-,23+,24+,25?,26+,27-/m1/s1. The second kappa shape index (κ2) is 10.2. The summed E-state index contributed by atoms with van der Waals surface area (Å²) in [4.78, 5) is 0. The van der Waals surface area contributed by atoms with Crippen LogP contribution in [0.3, 0.4) is 0 Å². The first-order valence-corrected chi connectivity index (χ1v) is 17.0. The third-order valence-corrected chi connectivity index (χ3v) is 16.5. The minimum Gasteiger partial charge on any atom is -0.393 e. The molecule has 4 aliphatic rings. The van der Waals surface area contributed by atoms with Gasteiger partial charge in [0, 0.05) is 0 Å². The molecule has 190 valence electrons. The molecule has 5 heteroatoms. The van der Waals surface area contributed by atoms with Crippen LogP contribution in [0.2, 0.25) is 0 Å². The highest BCUT2D eigenvalue weighted by molar-refractivity contribution is 8.33. The van der Waals surface area contributed by atoms with Gasteiger partial charge in [-0.05, 0) is 123 Å². The fourth-order valence-corrected chi connectivity index (χ4v) is 12.2. The smallest absolute Gasteiger partial charge is 0.132 e. The highest BCUT2D eigenvalue weighted by Gasteiger charge is 2.59. The summed E-state index contributed by atoms with van der Waals surface area (Å²) in [6.45, 7) is 7.66. The van der Waals surface area contributed by atoms with E-state index in [0.717, 1.165) is 49.4 Å². The summed E-state index contributed by atoms with van der Waals surface area (Å²) < 4.78 is -0.130. The second-order valence-electron chi connectivity index (χ2n) is 12.2. The van der Waals surface area contributed by atoms with Crippen molar-refractivity contribution < 1.29 is 10.2 Å². The van der Waals surface area contributed by atoms with Crippen molar-refractivity contribution in [1.82, 2.24) is 0 Å². The van der Waals surface area contributed by atoms with E-state index in [1.54, 1.807) is 40.9 Å². The zero-order valence-electron chi connectivity index (χ0n) is 21.8. The number of aliphatic hydroxyl groups excluding tert-OH is 2. The van der Waals surface area contributed by atoms with Crippen LogP contribution in [0.25, 0.3) is 0 Å². The van der Waals surface area contributed by atoms with E-state index in [4.69, 9.17) is 0 Å². The molecular formula is C28H48O2S3. The van der Waals surface area contributed by atoms with Crippen molar-refractivity contribution in [3.63, 3.8) is 0 Å². The molecule has 33 heavy (non-hydrogen) atoms. The quantitative estimate of drug-likeness (QED) is 0.261. The Balaban J connectivity index is 1.44. The Hall–Kier alpha value is 0.710. The maximum Gasteiger partial charge on any atom is 0.132 e. The minimum absolute atomic E-state index is 0.108. The third-order valence-electron chi connectivity index (χ3n) is 11.0. The monoisotopic (exact) mass is 512 g/mol. The molecule has 4 rings (SSSR count). The highest BCUT2D eigenvalue weighted by Crippen LogP contribution is 2.67. The van der Waals surface area contributed by atoms with Gasteiger partial charge in [-0.1, -0.05) is 32.4 Å². The molecule has 3 fully saturated rings. The lowest BCUT2D eigenvalue weighted by atomic mass is 9.47. The summed E-state index contributed by atoms with van der Waals surface area (Å²) in [6, 6.07) is 0. The molecule has 0 amide bonds. The molecule has 0 aromatic rings. The number of aliphatic hydroxyl groups is 2. The maximum absolute atomic E-state index is 11.1. The molecule has 0 radical (unpaired) electrons. The van der Waals surface area contributed by atoms with Crippen molar-refractivity contribution in [3.05, 3.63) is 11.6 Å². The topological polar surface area (TPSA) is 40.5 Å². The molecule has 2 nitrogen and oxygen atoms in total. The van der Waals surface area contributed by atoms with Gasteiger partial charge in [-0.3, -0.25) is 0 Å². The van der Waals surface area contributed by atoms with Crippen LogP contribution in [-0.4, -0.2) is 44.6 Å². The molecule has 2 N–H and O–H groups in total. The number of allylic oxidation sites excluding steroid dienone is 1. The molecule has 0 bridgehead atoms. The predicted octanol–water partition coefficient (Wildman–Crippen LogP) is 7.45. The van der Waals surface area contributed by atoms with E-state index < -0.39 is 0 Å². The number of hydrogen-bond donors (Lipinski definition) is 2. The lowest BCUT2D eigenvalue weighted by molar-refractivity contribution is -0.0577. The molecular weight excluding hydrogens is 465 g/mol. The zero-order chi connectivity index (χ0) is 24.0. The maximum atomic E-state index is 11.1. The molecule has 0 aromatic heterocycles.